The minimum Gasteiger partial charge on any atom is -0.449 e. The third kappa shape index (κ3) is 3.14. The number of anilines is 2. The van der Waals surface area contributed by atoms with Crippen LogP contribution in [0.2, 0.25) is 5.02 Å². The van der Waals surface area contributed by atoms with Gasteiger partial charge in [0.1, 0.15) is 11.4 Å². The summed E-state index contributed by atoms with van der Waals surface area (Å²) in [5.74, 6) is -0.569. The molecule has 128 valence electrons. The number of carbonyl (C=O) groups excluding carboxylic acids is 2. The highest BCUT2D eigenvalue weighted by atomic mass is 35.5. The molecule has 0 radical (unpaired) electrons. The minimum absolute atomic E-state index is 0.0780. The molecular formula is C17H15ClN4O3. The van der Waals surface area contributed by atoms with Crippen LogP contribution in [0.15, 0.2) is 40.9 Å². The number of fused-ring (bicyclic) bond motifs is 1. The maximum absolute atomic E-state index is 12.5. The molecule has 8 heteroatoms. The Morgan fingerprint density at radius 3 is 2.64 bits per heavy atom. The molecule has 0 saturated carbocycles. The summed E-state index contributed by atoms with van der Waals surface area (Å²) in [5.41, 5.74) is 6.92. The van der Waals surface area contributed by atoms with Crippen LogP contribution in [0.1, 0.15) is 20.9 Å². The lowest BCUT2D eigenvalue weighted by atomic mass is 10.1. The van der Waals surface area contributed by atoms with Crippen molar-refractivity contribution in [3.8, 4) is 0 Å². The first-order valence-corrected chi connectivity index (χ1v) is 7.72. The normalized spacial score (nSPS) is 10.7. The number of rotatable bonds is 3. The van der Waals surface area contributed by atoms with Gasteiger partial charge in [0, 0.05) is 20.3 Å². The first-order valence-electron chi connectivity index (χ1n) is 7.34. The number of aromatic nitrogens is 1. The summed E-state index contributed by atoms with van der Waals surface area (Å²) >= 11 is 5.77. The molecule has 0 aliphatic carbocycles. The Morgan fingerprint density at radius 2 is 2.00 bits per heavy atom. The van der Waals surface area contributed by atoms with Gasteiger partial charge in [-0.15, -0.1) is 0 Å². The van der Waals surface area contributed by atoms with E-state index in [-0.39, 0.29) is 17.4 Å². The SMILES string of the molecule is CN(C)C(=O)c1cccc2oc(C(=O)Nc3ccc(Cl)cn3)c(N)c12. The summed E-state index contributed by atoms with van der Waals surface area (Å²) in [6, 6.07) is 8.11. The van der Waals surface area contributed by atoms with E-state index in [0.717, 1.165) is 0 Å². The van der Waals surface area contributed by atoms with E-state index in [0.29, 0.717) is 27.4 Å². The van der Waals surface area contributed by atoms with Crippen molar-refractivity contribution in [1.29, 1.82) is 0 Å². The van der Waals surface area contributed by atoms with Crippen LogP contribution in [-0.4, -0.2) is 35.8 Å². The average Bonchev–Trinajstić information content (AvgIpc) is 2.93. The number of nitrogens with one attached hydrogen (secondary N) is 1. The number of halogens is 1. The standard InChI is InChI=1S/C17H15ClN4O3/c1-22(2)17(24)10-4-3-5-11-13(10)14(19)15(25-11)16(23)21-12-7-6-9(18)8-20-12/h3-8H,19H2,1-2H3,(H,20,21,23). The molecule has 0 saturated heterocycles. The summed E-state index contributed by atoms with van der Waals surface area (Å²) in [7, 11) is 3.27. The second kappa shape index (κ2) is 6.45. The van der Waals surface area contributed by atoms with Crippen LogP contribution in [0.25, 0.3) is 11.0 Å². The van der Waals surface area contributed by atoms with Crippen LogP contribution in [0.5, 0.6) is 0 Å². The summed E-state index contributed by atoms with van der Waals surface area (Å²) in [6.07, 6.45) is 1.41. The van der Waals surface area contributed by atoms with Crippen LogP contribution in [0.3, 0.4) is 0 Å². The molecule has 0 aliphatic rings. The van der Waals surface area contributed by atoms with Crippen molar-refractivity contribution in [1.82, 2.24) is 9.88 Å². The van der Waals surface area contributed by atoms with Crippen LogP contribution < -0.4 is 11.1 Å². The Morgan fingerprint density at radius 1 is 1.24 bits per heavy atom. The van der Waals surface area contributed by atoms with Gasteiger partial charge in [-0.3, -0.25) is 9.59 Å². The molecule has 25 heavy (non-hydrogen) atoms. The highest BCUT2D eigenvalue weighted by Gasteiger charge is 2.23. The number of amides is 2. The lowest BCUT2D eigenvalue weighted by molar-refractivity contribution is 0.0829. The lowest BCUT2D eigenvalue weighted by Gasteiger charge is -2.10. The first kappa shape index (κ1) is 16.8. The molecule has 0 fully saturated rings. The second-order valence-electron chi connectivity index (χ2n) is 5.54. The van der Waals surface area contributed by atoms with E-state index in [1.54, 1.807) is 44.4 Å². The van der Waals surface area contributed by atoms with E-state index in [1.807, 2.05) is 0 Å². The number of nitrogens with zero attached hydrogens (tertiary/aromatic N) is 2. The maximum atomic E-state index is 12.5. The van der Waals surface area contributed by atoms with E-state index in [9.17, 15) is 9.59 Å². The fourth-order valence-electron chi connectivity index (χ4n) is 2.38. The van der Waals surface area contributed by atoms with Gasteiger partial charge < -0.3 is 20.4 Å². The van der Waals surface area contributed by atoms with Crippen LogP contribution in [0.4, 0.5) is 11.5 Å². The maximum Gasteiger partial charge on any atom is 0.294 e. The third-order valence-electron chi connectivity index (χ3n) is 3.56. The van der Waals surface area contributed by atoms with E-state index in [1.165, 1.54) is 11.1 Å². The molecule has 2 amide bonds. The molecule has 7 nitrogen and oxygen atoms in total. The van der Waals surface area contributed by atoms with Gasteiger partial charge in [0.25, 0.3) is 11.8 Å². The Bertz CT molecular complexity index is 964. The molecule has 3 N–H and O–H groups in total. The van der Waals surface area contributed by atoms with E-state index in [2.05, 4.69) is 10.3 Å². The number of furan rings is 1. The fraction of sp³-hybridized carbons (Fsp3) is 0.118. The van der Waals surface area contributed by atoms with Crippen molar-refractivity contribution in [2.24, 2.45) is 0 Å². The van der Waals surface area contributed by atoms with Gasteiger partial charge in [-0.25, -0.2) is 4.98 Å². The van der Waals surface area contributed by atoms with Crippen molar-refractivity contribution in [2.45, 2.75) is 0 Å². The van der Waals surface area contributed by atoms with E-state index < -0.39 is 5.91 Å². The highest BCUT2D eigenvalue weighted by molar-refractivity contribution is 6.30. The van der Waals surface area contributed by atoms with Gasteiger partial charge in [0.2, 0.25) is 5.76 Å². The molecule has 3 aromatic rings. The highest BCUT2D eigenvalue weighted by Crippen LogP contribution is 2.32. The van der Waals surface area contributed by atoms with Gasteiger partial charge in [-0.05, 0) is 24.3 Å². The second-order valence-corrected chi connectivity index (χ2v) is 5.98. The molecule has 0 unspecified atom stereocenters. The first-order chi connectivity index (χ1) is 11.9. The van der Waals surface area contributed by atoms with Crippen LogP contribution >= 0.6 is 11.6 Å². The molecule has 3 rings (SSSR count). The van der Waals surface area contributed by atoms with Gasteiger partial charge >= 0.3 is 0 Å². The third-order valence-corrected chi connectivity index (χ3v) is 3.79. The van der Waals surface area contributed by atoms with Crippen molar-refractivity contribution in [3.05, 3.63) is 52.9 Å². The summed E-state index contributed by atoms with van der Waals surface area (Å²) in [5, 5.41) is 3.45. The zero-order valence-corrected chi connectivity index (χ0v) is 14.3. The predicted molar refractivity (Wildman–Crippen MR) is 95.8 cm³/mol. The Kier molecular flexibility index (Phi) is 4.33. The molecule has 2 aromatic heterocycles. The monoisotopic (exact) mass is 358 g/mol. The molecule has 0 spiro atoms. The molecular weight excluding hydrogens is 344 g/mol. The smallest absolute Gasteiger partial charge is 0.294 e. The zero-order valence-electron chi connectivity index (χ0n) is 13.5. The number of benzene rings is 1. The van der Waals surface area contributed by atoms with Gasteiger partial charge in [-0.2, -0.15) is 0 Å². The quantitative estimate of drug-likeness (QED) is 0.749. The number of hydrogen-bond donors (Lipinski definition) is 2. The van der Waals surface area contributed by atoms with Gasteiger partial charge in [0.05, 0.1) is 21.7 Å². The topological polar surface area (TPSA) is 101 Å². The molecule has 1 aromatic carbocycles. The molecule has 2 heterocycles. The number of hydrogen-bond acceptors (Lipinski definition) is 5. The molecule has 0 aliphatic heterocycles. The minimum atomic E-state index is -0.563. The van der Waals surface area contributed by atoms with Crippen LogP contribution in [-0.2, 0) is 0 Å². The summed E-state index contributed by atoms with van der Waals surface area (Å²) < 4.78 is 5.57. The average molecular weight is 359 g/mol. The summed E-state index contributed by atoms with van der Waals surface area (Å²) in [6.45, 7) is 0. The molecule has 0 bridgehead atoms. The fourth-order valence-corrected chi connectivity index (χ4v) is 2.49. The number of carbonyl (C=O) groups is 2. The van der Waals surface area contributed by atoms with Crippen molar-refractivity contribution in [3.63, 3.8) is 0 Å². The van der Waals surface area contributed by atoms with E-state index in [4.69, 9.17) is 21.8 Å². The Balaban J connectivity index is 2.01. The lowest BCUT2D eigenvalue weighted by Crippen LogP contribution is -2.22. The number of pyridine rings is 1. The van der Waals surface area contributed by atoms with Crippen molar-refractivity contribution in [2.75, 3.05) is 25.1 Å². The van der Waals surface area contributed by atoms with Crippen molar-refractivity contribution < 1.29 is 14.0 Å². The predicted octanol–water partition coefficient (Wildman–Crippen LogP) is 3.02. The van der Waals surface area contributed by atoms with Crippen LogP contribution in [0, 0.1) is 0 Å². The van der Waals surface area contributed by atoms with Crippen molar-refractivity contribution >= 4 is 45.9 Å². The molecule has 0 atom stereocenters. The Labute approximate surface area is 148 Å². The number of nitrogen functional groups attached to an aromatic ring is 1. The van der Waals surface area contributed by atoms with E-state index >= 15 is 0 Å². The summed E-state index contributed by atoms with van der Waals surface area (Å²) in [4.78, 5) is 30.2. The van der Waals surface area contributed by atoms with Gasteiger partial charge in [0.15, 0.2) is 0 Å². The zero-order chi connectivity index (χ0) is 18.1. The van der Waals surface area contributed by atoms with Gasteiger partial charge in [-0.1, -0.05) is 17.7 Å². The number of nitrogens with two attached hydrogens (primary N) is 1. The largest absolute Gasteiger partial charge is 0.449 e. The Hall–Kier alpha value is -3.06.